The third-order valence-electron chi connectivity index (χ3n) is 3.26. The summed E-state index contributed by atoms with van der Waals surface area (Å²) in [5, 5.41) is 13.5. The van der Waals surface area contributed by atoms with Crippen LogP contribution in [0.3, 0.4) is 0 Å². The number of nitrogens with one attached hydrogen (secondary N) is 1. The molecule has 114 valence electrons. The predicted molar refractivity (Wildman–Crippen MR) is 82.8 cm³/mol. The Morgan fingerprint density at radius 2 is 1.82 bits per heavy atom. The topological polar surface area (TPSA) is 81.5 Å². The third-order valence-corrected chi connectivity index (χ3v) is 3.26. The first-order chi connectivity index (χ1) is 10.5. The van der Waals surface area contributed by atoms with Crippen LogP contribution in [0.25, 0.3) is 0 Å². The largest absolute Gasteiger partial charge is 0.444 e. The maximum Gasteiger partial charge on any atom is 0.412 e. The minimum atomic E-state index is -0.727. The molecule has 0 atom stereocenters. The first-order valence-electron chi connectivity index (χ1n) is 6.70. The summed E-state index contributed by atoms with van der Waals surface area (Å²) in [6, 6.07) is 12.2. The molecule has 0 aliphatic heterocycles. The van der Waals surface area contributed by atoms with Crippen LogP contribution in [0.15, 0.2) is 42.5 Å². The predicted octanol–water partition coefficient (Wildman–Crippen LogP) is 3.96. The van der Waals surface area contributed by atoms with Gasteiger partial charge in [0.1, 0.15) is 12.3 Å². The lowest BCUT2D eigenvalue weighted by atomic mass is 10.1. The van der Waals surface area contributed by atoms with Gasteiger partial charge in [0.25, 0.3) is 5.69 Å². The molecule has 0 saturated heterocycles. The van der Waals surface area contributed by atoms with Crippen molar-refractivity contribution in [3.05, 3.63) is 69.3 Å². The summed E-state index contributed by atoms with van der Waals surface area (Å²) in [5.41, 5.74) is 2.46. The highest BCUT2D eigenvalue weighted by Crippen LogP contribution is 2.28. The smallest absolute Gasteiger partial charge is 0.412 e. The van der Waals surface area contributed by atoms with Gasteiger partial charge in [-0.2, -0.15) is 0 Å². The van der Waals surface area contributed by atoms with Crippen molar-refractivity contribution in [2.24, 2.45) is 0 Å². The zero-order chi connectivity index (χ0) is 16.1. The molecule has 22 heavy (non-hydrogen) atoms. The fourth-order valence-electron chi connectivity index (χ4n) is 1.92. The van der Waals surface area contributed by atoms with Crippen molar-refractivity contribution in [3.63, 3.8) is 0 Å². The van der Waals surface area contributed by atoms with E-state index in [0.717, 1.165) is 16.7 Å². The number of hydrogen-bond acceptors (Lipinski definition) is 4. The van der Waals surface area contributed by atoms with Crippen molar-refractivity contribution in [2.45, 2.75) is 20.5 Å². The minimum Gasteiger partial charge on any atom is -0.444 e. The Morgan fingerprint density at radius 1 is 1.18 bits per heavy atom. The summed E-state index contributed by atoms with van der Waals surface area (Å²) in [6.07, 6.45) is -0.727. The van der Waals surface area contributed by atoms with Crippen molar-refractivity contribution in [2.75, 3.05) is 5.32 Å². The van der Waals surface area contributed by atoms with Crippen LogP contribution in [0.5, 0.6) is 0 Å². The maximum atomic E-state index is 11.8. The van der Waals surface area contributed by atoms with Crippen LogP contribution in [-0.4, -0.2) is 11.0 Å². The molecule has 0 aliphatic carbocycles. The average molecular weight is 300 g/mol. The van der Waals surface area contributed by atoms with Gasteiger partial charge in [-0.05, 0) is 36.6 Å². The molecule has 0 spiro atoms. The third kappa shape index (κ3) is 3.82. The second kappa shape index (κ2) is 6.71. The normalized spacial score (nSPS) is 10.1. The van der Waals surface area contributed by atoms with E-state index in [9.17, 15) is 14.9 Å². The van der Waals surface area contributed by atoms with E-state index in [1.165, 1.54) is 6.07 Å². The standard InChI is InChI=1S/C16H16N2O4/c1-11-8-14(15(18(20)21)9-12(11)2)17-16(19)22-10-13-6-4-3-5-7-13/h3-9H,10H2,1-2H3,(H,17,19). The molecule has 2 rings (SSSR count). The molecule has 0 aliphatic rings. The van der Waals surface area contributed by atoms with E-state index in [1.54, 1.807) is 13.0 Å². The maximum absolute atomic E-state index is 11.8. The van der Waals surface area contributed by atoms with E-state index in [2.05, 4.69) is 5.32 Å². The first-order valence-corrected chi connectivity index (χ1v) is 6.70. The molecule has 0 bridgehead atoms. The minimum absolute atomic E-state index is 0.102. The number of anilines is 1. The van der Waals surface area contributed by atoms with Crippen LogP contribution in [0.2, 0.25) is 0 Å². The molecule has 1 N–H and O–H groups in total. The monoisotopic (exact) mass is 300 g/mol. The molecule has 6 nitrogen and oxygen atoms in total. The zero-order valence-electron chi connectivity index (χ0n) is 12.3. The molecule has 0 fully saturated rings. The first kappa shape index (κ1) is 15.5. The number of nitro benzene ring substituents is 1. The lowest BCUT2D eigenvalue weighted by Crippen LogP contribution is -2.15. The molecule has 6 heteroatoms. The van der Waals surface area contributed by atoms with Gasteiger partial charge in [-0.3, -0.25) is 15.4 Å². The Hall–Kier alpha value is -2.89. The molecular weight excluding hydrogens is 284 g/mol. The van der Waals surface area contributed by atoms with Gasteiger partial charge < -0.3 is 4.74 Å². The van der Waals surface area contributed by atoms with Crippen LogP contribution < -0.4 is 5.32 Å². The van der Waals surface area contributed by atoms with Gasteiger partial charge in [-0.15, -0.1) is 0 Å². The quantitative estimate of drug-likeness (QED) is 0.684. The summed E-state index contributed by atoms with van der Waals surface area (Å²) in [6.45, 7) is 3.70. The van der Waals surface area contributed by atoms with E-state index in [4.69, 9.17) is 4.74 Å². The second-order valence-corrected chi connectivity index (χ2v) is 4.90. The van der Waals surface area contributed by atoms with Gasteiger partial charge in [-0.25, -0.2) is 4.79 Å². The average Bonchev–Trinajstić information content (AvgIpc) is 2.49. The highest BCUT2D eigenvalue weighted by Gasteiger charge is 2.18. The van der Waals surface area contributed by atoms with Gasteiger partial charge >= 0.3 is 6.09 Å². The molecule has 0 saturated carbocycles. The van der Waals surface area contributed by atoms with E-state index in [0.29, 0.717) is 0 Å². The number of carbonyl (C=O) groups excluding carboxylic acids is 1. The van der Waals surface area contributed by atoms with Crippen molar-refractivity contribution in [1.29, 1.82) is 0 Å². The van der Waals surface area contributed by atoms with Crippen LogP contribution in [-0.2, 0) is 11.3 Å². The number of benzene rings is 2. The van der Waals surface area contributed by atoms with Gasteiger partial charge in [0.2, 0.25) is 0 Å². The van der Waals surface area contributed by atoms with Crippen molar-refractivity contribution in [1.82, 2.24) is 0 Å². The van der Waals surface area contributed by atoms with Crippen LogP contribution in [0.4, 0.5) is 16.2 Å². The summed E-state index contributed by atoms with van der Waals surface area (Å²) >= 11 is 0. The van der Waals surface area contributed by atoms with Gasteiger partial charge in [-0.1, -0.05) is 30.3 Å². The van der Waals surface area contributed by atoms with Crippen LogP contribution >= 0.6 is 0 Å². The number of hydrogen-bond donors (Lipinski definition) is 1. The zero-order valence-corrected chi connectivity index (χ0v) is 12.3. The van der Waals surface area contributed by atoms with Gasteiger partial charge in [0.05, 0.1) is 4.92 Å². The molecule has 0 heterocycles. The van der Waals surface area contributed by atoms with E-state index < -0.39 is 11.0 Å². The van der Waals surface area contributed by atoms with Crippen LogP contribution in [0.1, 0.15) is 16.7 Å². The number of ether oxygens (including phenoxy) is 1. The lowest BCUT2D eigenvalue weighted by molar-refractivity contribution is -0.384. The highest BCUT2D eigenvalue weighted by molar-refractivity contribution is 5.88. The number of nitrogens with zero attached hydrogens (tertiary/aromatic N) is 1. The van der Waals surface area contributed by atoms with Crippen molar-refractivity contribution in [3.8, 4) is 0 Å². The Morgan fingerprint density at radius 3 is 2.45 bits per heavy atom. The fourth-order valence-corrected chi connectivity index (χ4v) is 1.92. The molecule has 1 amide bonds. The summed E-state index contributed by atoms with van der Waals surface area (Å²) in [4.78, 5) is 22.3. The Balaban J connectivity index is 2.08. The lowest BCUT2D eigenvalue weighted by Gasteiger charge is -2.09. The Bertz CT molecular complexity index is 699. The Kier molecular flexibility index (Phi) is 4.73. The summed E-state index contributed by atoms with van der Waals surface area (Å²) in [7, 11) is 0. The number of carbonyl (C=O) groups is 1. The fraction of sp³-hybridized carbons (Fsp3) is 0.188. The SMILES string of the molecule is Cc1cc(NC(=O)OCc2ccccc2)c([N+](=O)[O-])cc1C. The number of rotatable bonds is 4. The van der Waals surface area contributed by atoms with Gasteiger partial charge in [0.15, 0.2) is 0 Å². The molecule has 0 unspecified atom stereocenters. The van der Waals surface area contributed by atoms with Crippen molar-refractivity contribution < 1.29 is 14.5 Å². The van der Waals surface area contributed by atoms with E-state index >= 15 is 0 Å². The molecule has 0 radical (unpaired) electrons. The molecule has 2 aromatic rings. The summed E-state index contributed by atoms with van der Waals surface area (Å²) < 4.78 is 5.06. The molecule has 2 aromatic carbocycles. The summed E-state index contributed by atoms with van der Waals surface area (Å²) in [5.74, 6) is 0. The molecule has 0 aromatic heterocycles. The van der Waals surface area contributed by atoms with Crippen molar-refractivity contribution >= 4 is 17.5 Å². The van der Waals surface area contributed by atoms with E-state index in [-0.39, 0.29) is 18.0 Å². The number of nitro groups is 1. The highest BCUT2D eigenvalue weighted by atomic mass is 16.6. The second-order valence-electron chi connectivity index (χ2n) is 4.90. The van der Waals surface area contributed by atoms with Gasteiger partial charge in [0, 0.05) is 6.07 Å². The number of amides is 1. The van der Waals surface area contributed by atoms with Crippen LogP contribution in [0, 0.1) is 24.0 Å². The molecular formula is C16H16N2O4. The number of aryl methyl sites for hydroxylation is 2. The Labute approximate surface area is 127 Å². The van der Waals surface area contributed by atoms with E-state index in [1.807, 2.05) is 37.3 Å².